The highest BCUT2D eigenvalue weighted by Crippen LogP contribution is 2.33. The molecular formula is C12H14N2O2S. The number of benzene rings is 1. The number of nitrogens with zero attached hydrogens (tertiary/aromatic N) is 1. The van der Waals surface area contributed by atoms with Gasteiger partial charge in [-0.1, -0.05) is 0 Å². The standard InChI is InChI=1S/C12H14N2O2S/c1-15-8-3-4-11(16-2)9(5-8)10-7-17-12(6-13)14-10/h3-5,7H,6,13H2,1-2H3. The quantitative estimate of drug-likeness (QED) is 0.904. The van der Waals surface area contributed by atoms with Gasteiger partial charge in [-0.25, -0.2) is 4.98 Å². The Balaban J connectivity index is 2.47. The number of rotatable bonds is 4. The van der Waals surface area contributed by atoms with Crippen LogP contribution in [0.1, 0.15) is 5.01 Å². The fourth-order valence-corrected chi connectivity index (χ4v) is 2.22. The molecule has 1 aromatic carbocycles. The maximum absolute atomic E-state index is 5.56. The van der Waals surface area contributed by atoms with Crippen LogP contribution in [0.5, 0.6) is 11.5 Å². The molecule has 0 spiro atoms. The Morgan fingerprint density at radius 2 is 2.12 bits per heavy atom. The zero-order chi connectivity index (χ0) is 12.3. The maximum atomic E-state index is 5.56. The van der Waals surface area contributed by atoms with Crippen molar-refractivity contribution in [3.05, 3.63) is 28.6 Å². The van der Waals surface area contributed by atoms with Crippen LogP contribution >= 0.6 is 11.3 Å². The van der Waals surface area contributed by atoms with E-state index in [4.69, 9.17) is 15.2 Å². The minimum absolute atomic E-state index is 0.455. The van der Waals surface area contributed by atoms with E-state index in [0.29, 0.717) is 6.54 Å². The zero-order valence-electron chi connectivity index (χ0n) is 9.77. The van der Waals surface area contributed by atoms with Crippen LogP contribution in [0.2, 0.25) is 0 Å². The number of ether oxygens (including phenoxy) is 2. The van der Waals surface area contributed by atoms with Crippen LogP contribution in [-0.4, -0.2) is 19.2 Å². The van der Waals surface area contributed by atoms with E-state index in [1.54, 1.807) is 25.6 Å². The monoisotopic (exact) mass is 250 g/mol. The minimum Gasteiger partial charge on any atom is -0.497 e. The van der Waals surface area contributed by atoms with Crippen molar-refractivity contribution in [1.82, 2.24) is 4.98 Å². The van der Waals surface area contributed by atoms with Crippen LogP contribution in [0.3, 0.4) is 0 Å². The number of thiazole rings is 1. The summed E-state index contributed by atoms with van der Waals surface area (Å²) in [6.45, 7) is 0.455. The van der Waals surface area contributed by atoms with Crippen molar-refractivity contribution in [2.24, 2.45) is 5.73 Å². The molecule has 2 N–H and O–H groups in total. The number of hydrogen-bond acceptors (Lipinski definition) is 5. The lowest BCUT2D eigenvalue weighted by atomic mass is 10.1. The van der Waals surface area contributed by atoms with E-state index in [0.717, 1.165) is 27.8 Å². The predicted octanol–water partition coefficient (Wildman–Crippen LogP) is 2.29. The molecule has 0 saturated carbocycles. The van der Waals surface area contributed by atoms with Crippen molar-refractivity contribution >= 4 is 11.3 Å². The van der Waals surface area contributed by atoms with Crippen LogP contribution < -0.4 is 15.2 Å². The average molecular weight is 250 g/mol. The van der Waals surface area contributed by atoms with Crippen molar-refractivity contribution in [3.8, 4) is 22.8 Å². The van der Waals surface area contributed by atoms with Gasteiger partial charge in [0.15, 0.2) is 0 Å². The molecule has 0 aliphatic rings. The molecular weight excluding hydrogens is 236 g/mol. The lowest BCUT2D eigenvalue weighted by molar-refractivity contribution is 0.404. The molecule has 0 atom stereocenters. The summed E-state index contributed by atoms with van der Waals surface area (Å²) >= 11 is 1.54. The van der Waals surface area contributed by atoms with Crippen LogP contribution in [0.15, 0.2) is 23.6 Å². The first-order valence-corrected chi connectivity index (χ1v) is 6.03. The third-order valence-corrected chi connectivity index (χ3v) is 3.28. The Bertz CT molecular complexity index is 511. The Hall–Kier alpha value is -1.59. The largest absolute Gasteiger partial charge is 0.497 e. The highest BCUT2D eigenvalue weighted by Gasteiger charge is 2.10. The molecule has 1 heterocycles. The van der Waals surface area contributed by atoms with Crippen molar-refractivity contribution in [1.29, 1.82) is 0 Å². The first kappa shape index (κ1) is 11.9. The van der Waals surface area contributed by atoms with Crippen molar-refractivity contribution in [2.45, 2.75) is 6.54 Å². The number of aromatic nitrogens is 1. The zero-order valence-corrected chi connectivity index (χ0v) is 10.6. The maximum Gasteiger partial charge on any atom is 0.128 e. The predicted molar refractivity (Wildman–Crippen MR) is 68.5 cm³/mol. The topological polar surface area (TPSA) is 57.4 Å². The van der Waals surface area contributed by atoms with Gasteiger partial charge in [-0.05, 0) is 18.2 Å². The van der Waals surface area contributed by atoms with Gasteiger partial charge in [0.1, 0.15) is 16.5 Å². The van der Waals surface area contributed by atoms with Crippen molar-refractivity contribution in [2.75, 3.05) is 14.2 Å². The molecule has 4 nitrogen and oxygen atoms in total. The highest BCUT2D eigenvalue weighted by atomic mass is 32.1. The highest BCUT2D eigenvalue weighted by molar-refractivity contribution is 7.09. The van der Waals surface area contributed by atoms with E-state index < -0.39 is 0 Å². The molecule has 2 aromatic rings. The summed E-state index contributed by atoms with van der Waals surface area (Å²) in [5, 5.41) is 2.88. The second-order valence-electron chi connectivity index (χ2n) is 3.40. The fraction of sp³-hybridized carbons (Fsp3) is 0.250. The normalized spacial score (nSPS) is 10.3. The Labute approximate surface area is 104 Å². The first-order chi connectivity index (χ1) is 8.28. The summed E-state index contributed by atoms with van der Waals surface area (Å²) in [5.74, 6) is 1.56. The summed E-state index contributed by atoms with van der Waals surface area (Å²) in [5.41, 5.74) is 7.35. The van der Waals surface area contributed by atoms with Gasteiger partial charge < -0.3 is 15.2 Å². The SMILES string of the molecule is COc1ccc(OC)c(-c2csc(CN)n2)c1. The molecule has 90 valence electrons. The molecule has 0 bridgehead atoms. The fourth-order valence-electron chi connectivity index (χ4n) is 1.54. The average Bonchev–Trinajstić information content (AvgIpc) is 2.86. The molecule has 0 fully saturated rings. The minimum atomic E-state index is 0.455. The van der Waals surface area contributed by atoms with Crippen LogP contribution in [-0.2, 0) is 6.54 Å². The van der Waals surface area contributed by atoms with E-state index in [2.05, 4.69) is 4.98 Å². The van der Waals surface area contributed by atoms with Gasteiger partial charge in [-0.2, -0.15) is 0 Å². The second kappa shape index (κ2) is 5.16. The van der Waals surface area contributed by atoms with Gasteiger partial charge in [-0.3, -0.25) is 0 Å². The smallest absolute Gasteiger partial charge is 0.128 e. The van der Waals surface area contributed by atoms with E-state index in [-0.39, 0.29) is 0 Å². The van der Waals surface area contributed by atoms with Crippen molar-refractivity contribution < 1.29 is 9.47 Å². The third kappa shape index (κ3) is 2.40. The number of nitrogens with two attached hydrogens (primary N) is 1. The molecule has 0 amide bonds. The van der Waals surface area contributed by atoms with Crippen LogP contribution in [0.4, 0.5) is 0 Å². The van der Waals surface area contributed by atoms with Gasteiger partial charge in [0.05, 0.1) is 19.9 Å². The van der Waals surface area contributed by atoms with E-state index in [1.807, 2.05) is 23.6 Å². The second-order valence-corrected chi connectivity index (χ2v) is 4.34. The van der Waals surface area contributed by atoms with Gasteiger partial charge in [-0.15, -0.1) is 11.3 Å². The molecule has 0 aliphatic carbocycles. The lowest BCUT2D eigenvalue weighted by Gasteiger charge is -2.08. The van der Waals surface area contributed by atoms with Gasteiger partial charge in [0.2, 0.25) is 0 Å². The van der Waals surface area contributed by atoms with Crippen molar-refractivity contribution in [3.63, 3.8) is 0 Å². The molecule has 0 saturated heterocycles. The first-order valence-electron chi connectivity index (χ1n) is 5.15. The summed E-state index contributed by atoms with van der Waals surface area (Å²) in [4.78, 5) is 4.44. The van der Waals surface area contributed by atoms with E-state index >= 15 is 0 Å². The molecule has 5 heteroatoms. The number of hydrogen-bond donors (Lipinski definition) is 1. The van der Waals surface area contributed by atoms with Gasteiger partial charge >= 0.3 is 0 Å². The molecule has 17 heavy (non-hydrogen) atoms. The summed E-state index contributed by atoms with van der Waals surface area (Å²) in [6.07, 6.45) is 0. The molecule has 0 radical (unpaired) electrons. The number of methoxy groups -OCH3 is 2. The molecule has 0 aliphatic heterocycles. The Morgan fingerprint density at radius 1 is 1.29 bits per heavy atom. The Morgan fingerprint density at radius 3 is 2.71 bits per heavy atom. The third-order valence-electron chi connectivity index (χ3n) is 2.41. The van der Waals surface area contributed by atoms with Gasteiger partial charge in [0.25, 0.3) is 0 Å². The molecule has 0 unspecified atom stereocenters. The Kier molecular flexibility index (Phi) is 3.61. The van der Waals surface area contributed by atoms with Crippen LogP contribution in [0.25, 0.3) is 11.3 Å². The summed E-state index contributed by atoms with van der Waals surface area (Å²) < 4.78 is 10.5. The van der Waals surface area contributed by atoms with E-state index in [1.165, 1.54) is 0 Å². The molecule has 2 rings (SSSR count). The molecule has 1 aromatic heterocycles. The van der Waals surface area contributed by atoms with E-state index in [9.17, 15) is 0 Å². The van der Waals surface area contributed by atoms with Gasteiger partial charge in [0, 0.05) is 17.5 Å². The summed E-state index contributed by atoms with van der Waals surface area (Å²) in [6, 6.07) is 5.64. The lowest BCUT2D eigenvalue weighted by Crippen LogP contribution is -1.95. The van der Waals surface area contributed by atoms with Crippen LogP contribution in [0, 0.1) is 0 Å². The summed E-state index contributed by atoms with van der Waals surface area (Å²) in [7, 11) is 3.28.